The molecule has 1 N–H and O–H groups in total. The van der Waals surface area contributed by atoms with Crippen LogP contribution in [0.2, 0.25) is 0 Å². The lowest BCUT2D eigenvalue weighted by Gasteiger charge is -2.21. The molecule has 0 amide bonds. The zero-order valence-electron chi connectivity index (χ0n) is 15.7. The van der Waals surface area contributed by atoms with Crippen molar-refractivity contribution in [2.24, 2.45) is 21.1 Å². The third-order valence-corrected chi connectivity index (χ3v) is 5.28. The fourth-order valence-corrected chi connectivity index (χ4v) is 3.62. The quantitative estimate of drug-likeness (QED) is 0.681. The molecule has 1 fully saturated rings. The fraction of sp³-hybridized carbons (Fsp3) is 0.444. The summed E-state index contributed by atoms with van der Waals surface area (Å²) in [5, 5.41) is 11.7. The van der Waals surface area contributed by atoms with Crippen molar-refractivity contribution in [3.8, 4) is 0 Å². The maximum atomic E-state index is 12.1. The van der Waals surface area contributed by atoms with Gasteiger partial charge in [-0.1, -0.05) is 11.3 Å². The Labute approximate surface area is 155 Å². The number of hydrogen-bond acceptors (Lipinski definition) is 6. The molecule has 0 aliphatic carbocycles. The van der Waals surface area contributed by atoms with Gasteiger partial charge in [-0.2, -0.15) is 0 Å². The predicted octanol–water partition coefficient (Wildman–Crippen LogP) is -0.266. The Morgan fingerprint density at radius 3 is 2.78 bits per heavy atom. The van der Waals surface area contributed by atoms with Gasteiger partial charge in [-0.25, -0.2) is 9.48 Å². The van der Waals surface area contributed by atoms with Crippen LogP contribution in [0.5, 0.6) is 0 Å². The molecule has 0 spiro atoms. The van der Waals surface area contributed by atoms with Gasteiger partial charge in [0.2, 0.25) is 0 Å². The van der Waals surface area contributed by atoms with E-state index in [1.807, 2.05) is 19.2 Å². The van der Waals surface area contributed by atoms with Crippen molar-refractivity contribution in [1.29, 1.82) is 0 Å². The van der Waals surface area contributed by atoms with Crippen molar-refractivity contribution in [1.82, 2.24) is 29.4 Å². The van der Waals surface area contributed by atoms with Gasteiger partial charge in [0.25, 0.3) is 5.56 Å². The molecule has 0 radical (unpaired) electrons. The third kappa shape index (κ3) is 3.14. The summed E-state index contributed by atoms with van der Waals surface area (Å²) in [5.41, 5.74) is 2.48. The number of rotatable bonds is 4. The number of aryl methyl sites for hydroxylation is 1. The lowest BCUT2D eigenvalue weighted by Crippen LogP contribution is -2.40. The molecule has 9 nitrogen and oxygen atoms in total. The van der Waals surface area contributed by atoms with Crippen LogP contribution in [0, 0.1) is 0 Å². The van der Waals surface area contributed by atoms with Crippen LogP contribution in [-0.2, 0) is 27.7 Å². The van der Waals surface area contributed by atoms with Crippen LogP contribution in [0.4, 0.5) is 5.82 Å². The summed E-state index contributed by atoms with van der Waals surface area (Å²) in [7, 11) is 5.08. The van der Waals surface area contributed by atoms with Gasteiger partial charge in [0, 0.05) is 52.9 Å². The summed E-state index contributed by atoms with van der Waals surface area (Å²) in [5.74, 6) is 0.674. The van der Waals surface area contributed by atoms with E-state index in [1.165, 1.54) is 17.7 Å². The molecule has 0 bridgehead atoms. The molecule has 1 aromatic carbocycles. The van der Waals surface area contributed by atoms with Crippen LogP contribution in [0.3, 0.4) is 0 Å². The molecule has 3 aromatic rings. The summed E-state index contributed by atoms with van der Waals surface area (Å²) in [6, 6.07) is 7.99. The molecule has 1 aliphatic rings. The summed E-state index contributed by atoms with van der Waals surface area (Å²) in [6.45, 7) is 2.30. The highest BCUT2D eigenvalue weighted by atomic mass is 16.2. The smallest absolute Gasteiger partial charge is 0.332 e. The molecule has 3 heterocycles. The maximum Gasteiger partial charge on any atom is 0.332 e. The predicted molar refractivity (Wildman–Crippen MR) is 103 cm³/mol. The van der Waals surface area contributed by atoms with Crippen molar-refractivity contribution in [3.05, 3.63) is 50.7 Å². The minimum atomic E-state index is -0.300. The van der Waals surface area contributed by atoms with Crippen molar-refractivity contribution in [3.63, 3.8) is 0 Å². The first kappa shape index (κ1) is 17.5. The second-order valence-electron chi connectivity index (χ2n) is 7.09. The van der Waals surface area contributed by atoms with Gasteiger partial charge < -0.3 is 10.2 Å². The fourth-order valence-electron chi connectivity index (χ4n) is 3.62. The summed E-state index contributed by atoms with van der Waals surface area (Å²) < 4.78 is 4.42. The molecule has 9 heteroatoms. The van der Waals surface area contributed by atoms with E-state index < -0.39 is 0 Å². The van der Waals surface area contributed by atoms with E-state index in [1.54, 1.807) is 11.7 Å². The first-order valence-corrected chi connectivity index (χ1v) is 8.98. The molecule has 1 saturated heterocycles. The largest absolute Gasteiger partial charge is 0.356 e. The first-order valence-electron chi connectivity index (χ1n) is 8.98. The Hall–Kier alpha value is -2.94. The Morgan fingerprint density at radius 2 is 1.96 bits per heavy atom. The first-order chi connectivity index (χ1) is 12.9. The number of nitrogens with one attached hydrogen (secondary N) is 1. The Morgan fingerprint density at radius 1 is 1.15 bits per heavy atom. The van der Waals surface area contributed by atoms with Gasteiger partial charge in [-0.3, -0.25) is 13.9 Å². The minimum Gasteiger partial charge on any atom is -0.356 e. The third-order valence-electron chi connectivity index (χ3n) is 5.28. The van der Waals surface area contributed by atoms with E-state index in [9.17, 15) is 9.59 Å². The average molecular weight is 369 g/mol. The van der Waals surface area contributed by atoms with Gasteiger partial charge in [-0.15, -0.1) is 5.10 Å². The normalized spacial score (nSPS) is 17.1. The highest BCUT2D eigenvalue weighted by Gasteiger charge is 2.24. The standard InChI is InChI=1S/C18H23N7O2/c1-22-16(9-17(26)23(2)18(22)27)25-7-6-13(11-25)19-10-12-4-5-15-14(8-12)20-21-24(15)3/h4-5,8-9,13,19H,6-7,10-11H2,1-3H3/t13-/m1/s1. The lowest BCUT2D eigenvalue weighted by atomic mass is 10.2. The van der Waals surface area contributed by atoms with Gasteiger partial charge in [0.05, 0.1) is 5.52 Å². The van der Waals surface area contributed by atoms with E-state index in [0.717, 1.165) is 47.2 Å². The Bertz CT molecular complexity index is 1110. The number of anilines is 1. The van der Waals surface area contributed by atoms with Crippen LogP contribution in [-0.4, -0.2) is 43.3 Å². The van der Waals surface area contributed by atoms with Crippen LogP contribution in [0.15, 0.2) is 33.9 Å². The van der Waals surface area contributed by atoms with Gasteiger partial charge in [0.15, 0.2) is 0 Å². The van der Waals surface area contributed by atoms with Gasteiger partial charge in [-0.05, 0) is 24.1 Å². The van der Waals surface area contributed by atoms with Crippen LogP contribution in [0.25, 0.3) is 11.0 Å². The Balaban J connectivity index is 1.44. The minimum absolute atomic E-state index is 0.276. The Kier molecular flexibility index (Phi) is 4.31. The molecule has 1 atom stereocenters. The van der Waals surface area contributed by atoms with Crippen LogP contribution < -0.4 is 21.5 Å². The van der Waals surface area contributed by atoms with Gasteiger partial charge in [0.1, 0.15) is 11.3 Å². The topological polar surface area (TPSA) is 90.0 Å². The van der Waals surface area contributed by atoms with E-state index in [4.69, 9.17) is 0 Å². The molecule has 1 aliphatic heterocycles. The number of fused-ring (bicyclic) bond motifs is 1. The monoisotopic (exact) mass is 369 g/mol. The van der Waals surface area contributed by atoms with Crippen LogP contribution in [0.1, 0.15) is 12.0 Å². The van der Waals surface area contributed by atoms with Crippen molar-refractivity contribution in [2.45, 2.75) is 19.0 Å². The van der Waals surface area contributed by atoms with Gasteiger partial charge >= 0.3 is 5.69 Å². The number of nitrogens with zero attached hydrogens (tertiary/aromatic N) is 6. The van der Waals surface area contributed by atoms with E-state index in [-0.39, 0.29) is 11.2 Å². The molecule has 0 unspecified atom stereocenters. The summed E-state index contributed by atoms with van der Waals surface area (Å²) >= 11 is 0. The highest BCUT2D eigenvalue weighted by molar-refractivity contribution is 5.74. The van der Waals surface area contributed by atoms with E-state index in [0.29, 0.717) is 11.9 Å². The molecule has 0 saturated carbocycles. The zero-order valence-corrected chi connectivity index (χ0v) is 15.7. The second-order valence-corrected chi connectivity index (χ2v) is 7.09. The average Bonchev–Trinajstić information content (AvgIpc) is 3.28. The van der Waals surface area contributed by atoms with Crippen LogP contribution >= 0.6 is 0 Å². The van der Waals surface area contributed by atoms with Crippen molar-refractivity contribution < 1.29 is 0 Å². The number of benzene rings is 1. The second kappa shape index (κ2) is 6.66. The van der Waals surface area contributed by atoms with E-state index in [2.05, 4.69) is 26.6 Å². The summed E-state index contributed by atoms with van der Waals surface area (Å²) in [6.07, 6.45) is 0.955. The maximum absolute atomic E-state index is 12.1. The van der Waals surface area contributed by atoms with E-state index >= 15 is 0 Å². The summed E-state index contributed by atoms with van der Waals surface area (Å²) in [4.78, 5) is 26.2. The number of hydrogen-bond donors (Lipinski definition) is 1. The van der Waals surface area contributed by atoms with Crippen molar-refractivity contribution in [2.75, 3.05) is 18.0 Å². The molecular weight excluding hydrogens is 346 g/mol. The number of aromatic nitrogens is 5. The molecule has 142 valence electrons. The molecule has 27 heavy (non-hydrogen) atoms. The highest BCUT2D eigenvalue weighted by Crippen LogP contribution is 2.18. The SMILES string of the molecule is Cn1c(N2CC[C@@H](NCc3ccc4c(c3)nnn4C)C2)cc(=O)n(C)c1=O. The zero-order chi connectivity index (χ0) is 19.1. The van der Waals surface area contributed by atoms with Crippen molar-refractivity contribution >= 4 is 16.9 Å². The molecular formula is C18H23N7O2. The lowest BCUT2D eigenvalue weighted by molar-refractivity contribution is 0.550. The molecule has 2 aromatic heterocycles. The molecule has 4 rings (SSSR count).